The normalized spacial score (nSPS) is 14.7. The Bertz CT molecular complexity index is 1180. The number of para-hydroxylation sites is 1. The third kappa shape index (κ3) is 7.20. The maximum atomic E-state index is 6.28. The van der Waals surface area contributed by atoms with Crippen LogP contribution in [0.25, 0.3) is 4.91 Å². The molecule has 1 aliphatic heterocycles. The topological polar surface area (TPSA) is 65.0 Å². The smallest absolute Gasteiger partial charge is 0.245 e. The van der Waals surface area contributed by atoms with Crippen LogP contribution >= 0.6 is 11.8 Å². The van der Waals surface area contributed by atoms with Gasteiger partial charge in [0, 0.05) is 18.2 Å². The molecule has 4 rings (SSSR count). The minimum atomic E-state index is 0.445. The molecule has 0 bridgehead atoms. The van der Waals surface area contributed by atoms with Crippen LogP contribution in [0, 0.1) is 0 Å². The van der Waals surface area contributed by atoms with E-state index in [-0.39, 0.29) is 0 Å². The molecule has 1 N–H and O–H groups in total. The number of thioether (sulfide) groups is 1. The van der Waals surface area contributed by atoms with Crippen LogP contribution in [0.1, 0.15) is 30.9 Å². The number of nitrogens with zero attached hydrogens (tertiary/aromatic N) is 2. The lowest BCUT2D eigenvalue weighted by Gasteiger charge is -2.24. The van der Waals surface area contributed by atoms with E-state index in [0.29, 0.717) is 37.1 Å². The second-order valence-corrected chi connectivity index (χ2v) is 9.32. The Balaban J connectivity index is 1.57. The number of benzene rings is 2. The minimum Gasteiger partial charge on any atom is -0.437 e. The summed E-state index contributed by atoms with van der Waals surface area (Å²) in [6.07, 6.45) is 4.96. The van der Waals surface area contributed by atoms with Crippen LogP contribution in [0.15, 0.2) is 83.6 Å². The summed E-state index contributed by atoms with van der Waals surface area (Å²) in [4.78, 5) is 10.6. The van der Waals surface area contributed by atoms with Crippen molar-refractivity contribution in [1.29, 1.82) is 0 Å². The van der Waals surface area contributed by atoms with Crippen molar-refractivity contribution < 1.29 is 14.2 Å². The Morgan fingerprint density at radius 3 is 2.67 bits per heavy atom. The number of pyridine rings is 1. The molecule has 6 nitrogen and oxygen atoms in total. The maximum absolute atomic E-state index is 6.28. The number of aryl methyl sites for hydroxylation is 1. The Morgan fingerprint density at radius 1 is 1.00 bits per heavy atom. The molecule has 7 heteroatoms. The average Bonchev–Trinajstić information content (AvgIpc) is 2.92. The standard InChI is InChI=1S/C29H33N3O3S/c1-3-4-11-22-12-8-9-16-26(22)35-29-24(15-10-17-30-29)31-27-21-36-28(23-13-6-5-7-14-23)25(32-27)20-34-19-18-33-2/h5-10,12-17H,3-4,11,18-21H2,1-2H3,(H,31,32). The summed E-state index contributed by atoms with van der Waals surface area (Å²) in [5.41, 5.74) is 4.02. The van der Waals surface area contributed by atoms with E-state index in [4.69, 9.17) is 19.2 Å². The second kappa shape index (κ2) is 13.8. The van der Waals surface area contributed by atoms with Gasteiger partial charge in [-0.3, -0.25) is 0 Å². The van der Waals surface area contributed by atoms with E-state index in [1.165, 1.54) is 10.5 Å². The highest BCUT2D eigenvalue weighted by Crippen LogP contribution is 2.35. The van der Waals surface area contributed by atoms with Crippen LogP contribution in [-0.4, -0.2) is 43.5 Å². The van der Waals surface area contributed by atoms with Gasteiger partial charge in [-0.15, -0.1) is 11.8 Å². The quantitative estimate of drug-likeness (QED) is 0.280. The highest BCUT2D eigenvalue weighted by Gasteiger charge is 2.20. The fraction of sp³-hybridized carbons (Fsp3) is 0.310. The number of hydrogen-bond acceptors (Lipinski definition) is 6. The van der Waals surface area contributed by atoms with E-state index >= 15 is 0 Å². The molecule has 0 aliphatic carbocycles. The van der Waals surface area contributed by atoms with Gasteiger partial charge in [-0.05, 0) is 42.2 Å². The molecular weight excluding hydrogens is 470 g/mol. The zero-order valence-corrected chi connectivity index (χ0v) is 21.7. The first-order chi connectivity index (χ1) is 17.8. The zero-order chi connectivity index (χ0) is 25.0. The summed E-state index contributed by atoms with van der Waals surface area (Å²) in [7, 11) is 1.67. The van der Waals surface area contributed by atoms with Gasteiger partial charge in [0.1, 0.15) is 17.3 Å². The first-order valence-corrected chi connectivity index (χ1v) is 13.3. The summed E-state index contributed by atoms with van der Waals surface area (Å²) in [5, 5.41) is 3.52. The third-order valence-corrected chi connectivity index (χ3v) is 6.81. The molecule has 1 aliphatic rings. The van der Waals surface area contributed by atoms with Crippen molar-refractivity contribution in [1.82, 2.24) is 10.3 Å². The number of nitrogens with one attached hydrogen (secondary N) is 1. The molecule has 0 fully saturated rings. The van der Waals surface area contributed by atoms with E-state index in [2.05, 4.69) is 35.4 Å². The van der Waals surface area contributed by atoms with Gasteiger partial charge in [-0.25, -0.2) is 9.98 Å². The number of amidine groups is 1. The summed E-state index contributed by atoms with van der Waals surface area (Å²) in [6.45, 7) is 3.72. The molecular formula is C29H33N3O3S. The van der Waals surface area contributed by atoms with Crippen molar-refractivity contribution in [2.24, 2.45) is 4.99 Å². The van der Waals surface area contributed by atoms with E-state index in [1.54, 1.807) is 25.1 Å². The fourth-order valence-electron chi connectivity index (χ4n) is 3.79. The number of ether oxygens (including phenoxy) is 3. The summed E-state index contributed by atoms with van der Waals surface area (Å²) < 4.78 is 17.3. The minimum absolute atomic E-state index is 0.445. The van der Waals surface area contributed by atoms with Crippen LogP contribution in [0.2, 0.25) is 0 Å². The molecule has 36 heavy (non-hydrogen) atoms. The third-order valence-electron chi connectivity index (χ3n) is 5.62. The SMILES string of the molecule is CCCCc1ccccc1Oc1ncccc1N=C1CSC(c2ccccc2)=C(COCCOC)N1. The Morgan fingerprint density at radius 2 is 1.83 bits per heavy atom. The number of aromatic nitrogens is 1. The van der Waals surface area contributed by atoms with Crippen molar-refractivity contribution >= 4 is 28.2 Å². The molecule has 2 aromatic carbocycles. The van der Waals surface area contributed by atoms with Crippen LogP contribution < -0.4 is 10.1 Å². The Hall–Kier alpha value is -3.13. The van der Waals surface area contributed by atoms with Crippen LogP contribution in [0.4, 0.5) is 5.69 Å². The zero-order valence-electron chi connectivity index (χ0n) is 20.9. The summed E-state index contributed by atoms with van der Waals surface area (Å²) in [5.74, 6) is 2.86. The van der Waals surface area contributed by atoms with E-state index in [9.17, 15) is 0 Å². The predicted molar refractivity (Wildman–Crippen MR) is 148 cm³/mol. The Labute approximate surface area is 217 Å². The molecule has 188 valence electrons. The average molecular weight is 504 g/mol. The van der Waals surface area contributed by atoms with Gasteiger partial charge in [0.25, 0.3) is 0 Å². The maximum Gasteiger partial charge on any atom is 0.245 e. The second-order valence-electron chi connectivity index (χ2n) is 8.33. The highest BCUT2D eigenvalue weighted by atomic mass is 32.2. The molecule has 0 saturated carbocycles. The number of hydrogen-bond donors (Lipinski definition) is 1. The molecule has 0 radical (unpaired) electrons. The molecule has 2 heterocycles. The fourth-order valence-corrected chi connectivity index (χ4v) is 4.80. The Kier molecular flexibility index (Phi) is 9.96. The van der Waals surface area contributed by atoms with Crippen LogP contribution in [-0.2, 0) is 15.9 Å². The van der Waals surface area contributed by atoms with Gasteiger partial charge in [-0.2, -0.15) is 0 Å². The number of aliphatic imine (C=N–C) groups is 1. The van der Waals surface area contributed by atoms with Crippen molar-refractivity contribution in [3.8, 4) is 11.6 Å². The van der Waals surface area contributed by atoms with Crippen LogP contribution in [0.5, 0.6) is 11.6 Å². The number of rotatable bonds is 12. The van der Waals surface area contributed by atoms with Crippen LogP contribution in [0.3, 0.4) is 0 Å². The van der Waals surface area contributed by atoms with Gasteiger partial charge in [0.2, 0.25) is 5.88 Å². The molecule has 0 unspecified atom stereocenters. The van der Waals surface area contributed by atoms with Crippen molar-refractivity contribution in [2.75, 3.05) is 32.7 Å². The van der Waals surface area contributed by atoms with E-state index < -0.39 is 0 Å². The van der Waals surface area contributed by atoms with Gasteiger partial charge in [0.05, 0.1) is 31.3 Å². The van der Waals surface area contributed by atoms with Crippen molar-refractivity contribution in [3.63, 3.8) is 0 Å². The first kappa shape index (κ1) is 25.9. The molecule has 0 spiro atoms. The molecule has 0 atom stereocenters. The lowest BCUT2D eigenvalue weighted by molar-refractivity contribution is 0.0814. The first-order valence-electron chi connectivity index (χ1n) is 12.3. The largest absolute Gasteiger partial charge is 0.437 e. The number of unbranched alkanes of at least 4 members (excludes halogenated alkanes) is 1. The predicted octanol–water partition coefficient (Wildman–Crippen LogP) is 6.61. The van der Waals surface area contributed by atoms with Crippen molar-refractivity contribution in [3.05, 3.63) is 89.8 Å². The van der Waals surface area contributed by atoms with Gasteiger partial charge in [-0.1, -0.05) is 61.9 Å². The number of methoxy groups -OCH3 is 1. The van der Waals surface area contributed by atoms with Crippen molar-refractivity contribution in [2.45, 2.75) is 26.2 Å². The van der Waals surface area contributed by atoms with Gasteiger partial charge >= 0.3 is 0 Å². The highest BCUT2D eigenvalue weighted by molar-refractivity contribution is 8.09. The molecule has 1 aromatic heterocycles. The lowest BCUT2D eigenvalue weighted by atomic mass is 10.1. The summed E-state index contributed by atoms with van der Waals surface area (Å²) >= 11 is 1.75. The van der Waals surface area contributed by atoms with Gasteiger partial charge in [0.15, 0.2) is 0 Å². The lowest BCUT2D eigenvalue weighted by Crippen LogP contribution is -2.31. The molecule has 0 saturated heterocycles. The van der Waals surface area contributed by atoms with E-state index in [0.717, 1.165) is 42.1 Å². The molecule has 0 amide bonds. The summed E-state index contributed by atoms with van der Waals surface area (Å²) in [6, 6.07) is 22.3. The monoisotopic (exact) mass is 503 g/mol. The van der Waals surface area contributed by atoms with E-state index in [1.807, 2.05) is 48.5 Å². The van der Waals surface area contributed by atoms with Gasteiger partial charge < -0.3 is 19.5 Å². The molecule has 3 aromatic rings.